The summed E-state index contributed by atoms with van der Waals surface area (Å²) in [5.74, 6) is 0. The van der Waals surface area contributed by atoms with Gasteiger partial charge in [0.15, 0.2) is 5.11 Å². The van der Waals surface area contributed by atoms with Crippen LogP contribution < -0.4 is 15.4 Å². The van der Waals surface area contributed by atoms with Crippen LogP contribution in [0.1, 0.15) is 5.56 Å². The Hall–Kier alpha value is -2.42. The quantitative estimate of drug-likeness (QED) is 0.432. The summed E-state index contributed by atoms with van der Waals surface area (Å²) in [5.41, 5.74) is 3.22. The number of sulfonamides is 1. The van der Waals surface area contributed by atoms with E-state index >= 15 is 0 Å². The van der Waals surface area contributed by atoms with E-state index in [1.807, 2.05) is 31.2 Å². The second-order valence-corrected chi connectivity index (χ2v) is 9.09. The molecule has 0 heterocycles. The smallest absolute Gasteiger partial charge is 0.261 e. The van der Waals surface area contributed by atoms with Crippen LogP contribution in [0.25, 0.3) is 0 Å². The van der Waals surface area contributed by atoms with Gasteiger partial charge in [-0.3, -0.25) is 4.72 Å². The minimum atomic E-state index is -3.67. The molecule has 0 bridgehead atoms. The highest BCUT2D eigenvalue weighted by atomic mass is 79.9. The highest BCUT2D eigenvalue weighted by Gasteiger charge is 2.14. The van der Waals surface area contributed by atoms with E-state index in [0.717, 1.165) is 15.7 Å². The lowest BCUT2D eigenvalue weighted by Gasteiger charge is -2.12. The molecule has 0 saturated carbocycles. The molecule has 3 aromatic rings. The van der Waals surface area contributed by atoms with Crippen LogP contribution in [-0.4, -0.2) is 13.5 Å². The third kappa shape index (κ3) is 5.54. The molecule has 0 saturated heterocycles. The molecule has 0 radical (unpaired) electrons. The van der Waals surface area contributed by atoms with Gasteiger partial charge in [-0.2, -0.15) is 0 Å². The van der Waals surface area contributed by atoms with Crippen molar-refractivity contribution in [1.82, 2.24) is 0 Å². The van der Waals surface area contributed by atoms with Crippen LogP contribution in [0.3, 0.4) is 0 Å². The molecule has 0 atom stereocenters. The van der Waals surface area contributed by atoms with E-state index < -0.39 is 10.0 Å². The first kappa shape index (κ1) is 20.3. The van der Waals surface area contributed by atoms with Gasteiger partial charge in [-0.15, -0.1) is 0 Å². The summed E-state index contributed by atoms with van der Waals surface area (Å²) in [6, 6.07) is 21.2. The topological polar surface area (TPSA) is 70.2 Å². The maximum absolute atomic E-state index is 12.5. The molecule has 0 fully saturated rings. The number of thiocarbonyl (C=S) groups is 1. The molecule has 0 amide bonds. The van der Waals surface area contributed by atoms with Gasteiger partial charge in [-0.25, -0.2) is 8.42 Å². The molecule has 0 spiro atoms. The van der Waals surface area contributed by atoms with E-state index in [1.54, 1.807) is 36.4 Å². The van der Waals surface area contributed by atoms with Gasteiger partial charge >= 0.3 is 0 Å². The number of nitrogens with one attached hydrogen (secondary N) is 3. The van der Waals surface area contributed by atoms with Gasteiger partial charge in [0.05, 0.1) is 4.90 Å². The molecule has 144 valence electrons. The van der Waals surface area contributed by atoms with Gasteiger partial charge in [0, 0.05) is 21.5 Å². The lowest BCUT2D eigenvalue weighted by atomic mass is 10.2. The van der Waals surface area contributed by atoms with Crippen molar-refractivity contribution in [2.24, 2.45) is 0 Å². The van der Waals surface area contributed by atoms with Gasteiger partial charge in [0.25, 0.3) is 10.0 Å². The second-order valence-electron chi connectivity index (χ2n) is 6.08. The SMILES string of the molecule is Cc1ccc(NC(=S)Nc2ccc(S(=O)(=O)Nc3ccc(Br)cc3)cc2)cc1. The first-order valence-electron chi connectivity index (χ1n) is 8.35. The van der Waals surface area contributed by atoms with Crippen LogP contribution in [0.4, 0.5) is 17.1 Å². The van der Waals surface area contributed by atoms with Gasteiger partial charge in [0.1, 0.15) is 0 Å². The summed E-state index contributed by atoms with van der Waals surface area (Å²) < 4.78 is 28.4. The van der Waals surface area contributed by atoms with Crippen molar-refractivity contribution in [3.63, 3.8) is 0 Å². The molecule has 0 aliphatic heterocycles. The Morgan fingerprint density at radius 3 is 1.79 bits per heavy atom. The third-order valence-corrected chi connectivity index (χ3v) is 5.96. The first-order valence-corrected chi connectivity index (χ1v) is 11.0. The Labute approximate surface area is 178 Å². The highest BCUT2D eigenvalue weighted by Crippen LogP contribution is 2.20. The fourth-order valence-electron chi connectivity index (χ4n) is 2.38. The summed E-state index contributed by atoms with van der Waals surface area (Å²) in [4.78, 5) is 0.165. The van der Waals surface area contributed by atoms with Crippen molar-refractivity contribution in [2.45, 2.75) is 11.8 Å². The van der Waals surface area contributed by atoms with Crippen LogP contribution in [-0.2, 0) is 10.0 Å². The van der Waals surface area contributed by atoms with Crippen LogP contribution >= 0.6 is 28.1 Å². The van der Waals surface area contributed by atoms with Crippen LogP contribution in [0.5, 0.6) is 0 Å². The lowest BCUT2D eigenvalue weighted by Crippen LogP contribution is -2.19. The van der Waals surface area contributed by atoms with E-state index in [0.29, 0.717) is 16.5 Å². The monoisotopic (exact) mass is 475 g/mol. The Bertz CT molecular complexity index is 1070. The van der Waals surface area contributed by atoms with Gasteiger partial charge in [-0.05, 0) is 79.8 Å². The molecule has 0 aliphatic rings. The van der Waals surface area contributed by atoms with E-state index in [1.165, 1.54) is 12.1 Å². The molecule has 28 heavy (non-hydrogen) atoms. The van der Waals surface area contributed by atoms with E-state index in [9.17, 15) is 8.42 Å². The zero-order valence-electron chi connectivity index (χ0n) is 14.9. The molecular weight excluding hydrogens is 458 g/mol. The molecule has 0 aromatic heterocycles. The van der Waals surface area contributed by atoms with Gasteiger partial charge < -0.3 is 10.6 Å². The minimum Gasteiger partial charge on any atom is -0.332 e. The number of hydrogen-bond acceptors (Lipinski definition) is 3. The summed E-state index contributed by atoms with van der Waals surface area (Å²) in [7, 11) is -3.67. The molecule has 5 nitrogen and oxygen atoms in total. The average Bonchev–Trinajstić information content (AvgIpc) is 2.66. The summed E-state index contributed by atoms with van der Waals surface area (Å²) >= 11 is 8.62. The Balaban J connectivity index is 1.64. The Kier molecular flexibility index (Phi) is 6.33. The van der Waals surface area contributed by atoms with Crippen molar-refractivity contribution in [2.75, 3.05) is 15.4 Å². The predicted octanol–water partition coefficient (Wildman–Crippen LogP) is 5.37. The standard InChI is InChI=1S/C20H18BrN3O2S2/c1-14-2-6-16(7-3-14)22-20(27)23-17-10-12-19(13-11-17)28(25,26)24-18-8-4-15(21)5-9-18/h2-13,24H,1H3,(H2,22,23,27). The molecule has 3 rings (SSSR count). The first-order chi connectivity index (χ1) is 13.3. The fraction of sp³-hybridized carbons (Fsp3) is 0.0500. The third-order valence-electron chi connectivity index (χ3n) is 3.83. The summed E-state index contributed by atoms with van der Waals surface area (Å²) in [6.45, 7) is 2.02. The normalized spacial score (nSPS) is 10.9. The van der Waals surface area contributed by atoms with Gasteiger partial charge in [0.2, 0.25) is 0 Å². The summed E-state index contributed by atoms with van der Waals surface area (Å²) in [5, 5.41) is 6.55. The lowest BCUT2D eigenvalue weighted by molar-refractivity contribution is 0.601. The molecule has 0 aliphatic carbocycles. The fourth-order valence-corrected chi connectivity index (χ4v) is 3.94. The van der Waals surface area contributed by atoms with Crippen LogP contribution in [0.15, 0.2) is 82.2 Å². The highest BCUT2D eigenvalue weighted by molar-refractivity contribution is 9.10. The molecule has 8 heteroatoms. The number of hydrogen-bond donors (Lipinski definition) is 3. The van der Waals surface area contributed by atoms with E-state index in [-0.39, 0.29) is 4.90 Å². The largest absolute Gasteiger partial charge is 0.332 e. The summed E-state index contributed by atoms with van der Waals surface area (Å²) in [6.07, 6.45) is 0. The van der Waals surface area contributed by atoms with Crippen molar-refractivity contribution >= 4 is 60.3 Å². The van der Waals surface area contributed by atoms with Crippen LogP contribution in [0.2, 0.25) is 0 Å². The van der Waals surface area contributed by atoms with E-state index in [4.69, 9.17) is 12.2 Å². The van der Waals surface area contributed by atoms with Crippen molar-refractivity contribution in [1.29, 1.82) is 0 Å². The maximum Gasteiger partial charge on any atom is 0.261 e. The van der Waals surface area contributed by atoms with E-state index in [2.05, 4.69) is 31.3 Å². The van der Waals surface area contributed by atoms with Crippen molar-refractivity contribution < 1.29 is 8.42 Å². The van der Waals surface area contributed by atoms with Crippen LogP contribution in [0, 0.1) is 6.92 Å². The number of halogens is 1. The van der Waals surface area contributed by atoms with Gasteiger partial charge in [-0.1, -0.05) is 33.6 Å². The number of aryl methyl sites for hydroxylation is 1. The zero-order chi connectivity index (χ0) is 20.1. The van der Waals surface area contributed by atoms with Crippen molar-refractivity contribution in [3.05, 3.63) is 82.8 Å². The number of anilines is 3. The second kappa shape index (κ2) is 8.72. The molecule has 0 unspecified atom stereocenters. The zero-order valence-corrected chi connectivity index (χ0v) is 18.2. The average molecular weight is 476 g/mol. The molecule has 3 N–H and O–H groups in total. The minimum absolute atomic E-state index is 0.165. The number of benzene rings is 3. The predicted molar refractivity (Wildman–Crippen MR) is 122 cm³/mol. The van der Waals surface area contributed by atoms with Crippen molar-refractivity contribution in [3.8, 4) is 0 Å². The molecule has 3 aromatic carbocycles. The maximum atomic E-state index is 12.5. The molecular formula is C20H18BrN3O2S2. The number of rotatable bonds is 5. The Morgan fingerprint density at radius 2 is 1.25 bits per heavy atom. The Morgan fingerprint density at radius 1 is 0.786 bits per heavy atom.